The SMILES string of the molecule is CCC1CCCCC2(CCC1)CC2. The molecule has 2 fully saturated rings. The van der Waals surface area contributed by atoms with Crippen molar-refractivity contribution in [2.24, 2.45) is 11.3 Å². The molecule has 0 N–H and O–H groups in total. The van der Waals surface area contributed by atoms with Crippen LogP contribution in [0.2, 0.25) is 0 Å². The fraction of sp³-hybridized carbons (Fsp3) is 1.00. The topological polar surface area (TPSA) is 0 Å². The smallest absolute Gasteiger partial charge is 0.0297 e. The first-order valence-electron chi connectivity index (χ1n) is 6.35. The predicted octanol–water partition coefficient (Wildman–Crippen LogP) is 4.54. The molecule has 13 heavy (non-hydrogen) atoms. The zero-order valence-corrected chi connectivity index (χ0v) is 9.15. The molecule has 1 spiro atoms. The van der Waals surface area contributed by atoms with E-state index in [4.69, 9.17) is 0 Å². The molecule has 1 atom stereocenters. The zero-order chi connectivity index (χ0) is 9.15. The van der Waals surface area contributed by atoms with Crippen LogP contribution in [0.5, 0.6) is 0 Å². The molecule has 0 aromatic rings. The Bertz CT molecular complexity index is 155. The molecule has 0 aromatic carbocycles. The van der Waals surface area contributed by atoms with Crippen molar-refractivity contribution in [2.75, 3.05) is 0 Å². The van der Waals surface area contributed by atoms with Crippen LogP contribution in [-0.4, -0.2) is 0 Å². The highest BCUT2D eigenvalue weighted by atomic mass is 14.5. The van der Waals surface area contributed by atoms with Gasteiger partial charge in [0.1, 0.15) is 0 Å². The molecule has 0 saturated heterocycles. The molecule has 2 rings (SSSR count). The highest BCUT2D eigenvalue weighted by Gasteiger charge is 2.41. The Balaban J connectivity index is 1.82. The maximum atomic E-state index is 2.37. The Morgan fingerprint density at radius 3 is 2.31 bits per heavy atom. The Kier molecular flexibility index (Phi) is 2.96. The Hall–Kier alpha value is 0. The standard InChI is InChI=1S/C13H24/c1-2-12-6-3-4-8-13(10-11-13)9-5-7-12/h12H,2-11H2,1H3. The maximum Gasteiger partial charge on any atom is -0.0297 e. The molecule has 1 unspecified atom stereocenters. The Morgan fingerprint density at radius 1 is 0.923 bits per heavy atom. The third kappa shape index (κ3) is 2.48. The second-order valence-corrected chi connectivity index (χ2v) is 5.41. The lowest BCUT2D eigenvalue weighted by Gasteiger charge is -2.13. The monoisotopic (exact) mass is 180 g/mol. The maximum absolute atomic E-state index is 2.37. The van der Waals surface area contributed by atoms with Gasteiger partial charge in [0.25, 0.3) is 0 Å². The summed E-state index contributed by atoms with van der Waals surface area (Å²) in [5, 5.41) is 0. The fourth-order valence-electron chi connectivity index (χ4n) is 3.05. The number of rotatable bonds is 1. The van der Waals surface area contributed by atoms with E-state index in [9.17, 15) is 0 Å². The normalized spacial score (nSPS) is 33.5. The van der Waals surface area contributed by atoms with Crippen LogP contribution in [0.15, 0.2) is 0 Å². The minimum absolute atomic E-state index is 0.878. The van der Waals surface area contributed by atoms with E-state index >= 15 is 0 Å². The van der Waals surface area contributed by atoms with E-state index < -0.39 is 0 Å². The van der Waals surface area contributed by atoms with Crippen molar-refractivity contribution >= 4 is 0 Å². The fourth-order valence-corrected chi connectivity index (χ4v) is 3.05. The van der Waals surface area contributed by atoms with E-state index in [0.717, 1.165) is 11.3 Å². The summed E-state index contributed by atoms with van der Waals surface area (Å²) in [5.74, 6) is 1.06. The van der Waals surface area contributed by atoms with Gasteiger partial charge in [0.2, 0.25) is 0 Å². The summed E-state index contributed by atoms with van der Waals surface area (Å²) in [6, 6.07) is 0. The highest BCUT2D eigenvalue weighted by Crippen LogP contribution is 2.54. The van der Waals surface area contributed by atoms with Crippen molar-refractivity contribution in [1.29, 1.82) is 0 Å². The molecule has 0 bridgehead atoms. The summed E-state index contributed by atoms with van der Waals surface area (Å²) in [7, 11) is 0. The molecule has 0 aliphatic heterocycles. The molecular weight excluding hydrogens is 156 g/mol. The quantitative estimate of drug-likeness (QED) is 0.556. The summed E-state index contributed by atoms with van der Waals surface area (Å²) >= 11 is 0. The van der Waals surface area contributed by atoms with Gasteiger partial charge in [-0.15, -0.1) is 0 Å². The lowest BCUT2D eigenvalue weighted by Crippen LogP contribution is -2.00. The zero-order valence-electron chi connectivity index (χ0n) is 9.15. The van der Waals surface area contributed by atoms with E-state index in [2.05, 4.69) is 6.92 Å². The first kappa shape index (κ1) is 9.55. The van der Waals surface area contributed by atoms with Gasteiger partial charge < -0.3 is 0 Å². The average molecular weight is 180 g/mol. The van der Waals surface area contributed by atoms with Gasteiger partial charge >= 0.3 is 0 Å². The van der Waals surface area contributed by atoms with Gasteiger partial charge in [0.15, 0.2) is 0 Å². The Morgan fingerprint density at radius 2 is 1.62 bits per heavy atom. The average Bonchev–Trinajstić information content (AvgIpc) is 2.86. The summed E-state index contributed by atoms with van der Waals surface area (Å²) in [6.07, 6.45) is 15.3. The van der Waals surface area contributed by atoms with Crippen molar-refractivity contribution < 1.29 is 0 Å². The predicted molar refractivity (Wildman–Crippen MR) is 57.8 cm³/mol. The number of hydrogen-bond acceptors (Lipinski definition) is 0. The second-order valence-electron chi connectivity index (χ2n) is 5.41. The van der Waals surface area contributed by atoms with E-state index in [1.807, 2.05) is 0 Å². The molecular formula is C13H24. The molecule has 0 aromatic heterocycles. The van der Waals surface area contributed by atoms with Crippen molar-refractivity contribution in [3.8, 4) is 0 Å². The lowest BCUT2D eigenvalue weighted by molar-refractivity contribution is 0.391. The summed E-state index contributed by atoms with van der Waals surface area (Å²) in [6.45, 7) is 2.37. The van der Waals surface area contributed by atoms with Crippen LogP contribution in [0.25, 0.3) is 0 Å². The molecule has 0 radical (unpaired) electrons. The van der Waals surface area contributed by atoms with Crippen LogP contribution >= 0.6 is 0 Å². The largest absolute Gasteiger partial charge is 0.0651 e. The molecule has 2 aliphatic rings. The molecule has 0 nitrogen and oxygen atoms in total. The third-order valence-corrected chi connectivity index (χ3v) is 4.42. The van der Waals surface area contributed by atoms with E-state index in [1.54, 1.807) is 25.7 Å². The van der Waals surface area contributed by atoms with Gasteiger partial charge in [0, 0.05) is 0 Å². The van der Waals surface area contributed by atoms with Crippen LogP contribution in [0.1, 0.15) is 71.1 Å². The first-order chi connectivity index (χ1) is 6.35. The van der Waals surface area contributed by atoms with Crippen molar-refractivity contribution in [3.63, 3.8) is 0 Å². The van der Waals surface area contributed by atoms with Crippen molar-refractivity contribution in [2.45, 2.75) is 71.1 Å². The van der Waals surface area contributed by atoms with Gasteiger partial charge in [-0.1, -0.05) is 45.4 Å². The van der Waals surface area contributed by atoms with Crippen LogP contribution in [0.4, 0.5) is 0 Å². The molecule has 0 amide bonds. The van der Waals surface area contributed by atoms with Gasteiger partial charge in [-0.05, 0) is 37.0 Å². The van der Waals surface area contributed by atoms with E-state index in [1.165, 1.54) is 38.5 Å². The molecule has 2 saturated carbocycles. The summed E-state index contributed by atoms with van der Waals surface area (Å²) in [5.41, 5.74) is 0.878. The van der Waals surface area contributed by atoms with Crippen LogP contribution < -0.4 is 0 Å². The van der Waals surface area contributed by atoms with E-state index in [-0.39, 0.29) is 0 Å². The van der Waals surface area contributed by atoms with Crippen LogP contribution in [0, 0.1) is 11.3 Å². The molecule has 76 valence electrons. The van der Waals surface area contributed by atoms with Crippen LogP contribution in [0.3, 0.4) is 0 Å². The Labute approximate surface area is 83.1 Å². The minimum atomic E-state index is 0.878. The van der Waals surface area contributed by atoms with Gasteiger partial charge in [0.05, 0.1) is 0 Å². The highest BCUT2D eigenvalue weighted by molar-refractivity contribution is 4.93. The minimum Gasteiger partial charge on any atom is -0.0651 e. The summed E-state index contributed by atoms with van der Waals surface area (Å²) in [4.78, 5) is 0. The molecule has 0 heterocycles. The van der Waals surface area contributed by atoms with E-state index in [0.29, 0.717) is 0 Å². The second kappa shape index (κ2) is 4.02. The van der Waals surface area contributed by atoms with Crippen LogP contribution in [-0.2, 0) is 0 Å². The number of hydrogen-bond donors (Lipinski definition) is 0. The van der Waals surface area contributed by atoms with Gasteiger partial charge in [-0.2, -0.15) is 0 Å². The van der Waals surface area contributed by atoms with Gasteiger partial charge in [-0.25, -0.2) is 0 Å². The third-order valence-electron chi connectivity index (χ3n) is 4.42. The van der Waals surface area contributed by atoms with Gasteiger partial charge in [-0.3, -0.25) is 0 Å². The first-order valence-corrected chi connectivity index (χ1v) is 6.35. The summed E-state index contributed by atoms with van der Waals surface area (Å²) < 4.78 is 0. The molecule has 0 heteroatoms. The lowest BCUT2D eigenvalue weighted by atomic mass is 9.92. The van der Waals surface area contributed by atoms with Crippen molar-refractivity contribution in [3.05, 3.63) is 0 Å². The molecule has 2 aliphatic carbocycles. The van der Waals surface area contributed by atoms with Crippen molar-refractivity contribution in [1.82, 2.24) is 0 Å².